The van der Waals surface area contributed by atoms with Gasteiger partial charge in [0.1, 0.15) is 4.32 Å². The lowest BCUT2D eigenvalue weighted by Crippen LogP contribution is -2.36. The second-order valence-electron chi connectivity index (χ2n) is 7.59. The molecule has 1 unspecified atom stereocenters. The molecule has 0 radical (unpaired) electrons. The fourth-order valence-electron chi connectivity index (χ4n) is 3.13. The minimum atomic E-state index is -0.456. The lowest BCUT2D eigenvalue weighted by molar-refractivity contribution is -0.129. The SMILES string of the molecule is CC(C)CN1C(=O)C(CC(=O)NCc2ccc(C(=O)c3ccccc3)cc2)SC1=S. The Labute approximate surface area is 186 Å². The maximum absolute atomic E-state index is 12.5. The first-order chi connectivity index (χ1) is 14.3. The third-order valence-corrected chi connectivity index (χ3v) is 6.25. The molecule has 1 aliphatic rings. The smallest absolute Gasteiger partial charge is 0.242 e. The van der Waals surface area contributed by atoms with Gasteiger partial charge in [0.05, 0.1) is 5.25 Å². The van der Waals surface area contributed by atoms with E-state index in [0.29, 0.717) is 34.5 Å². The van der Waals surface area contributed by atoms with Gasteiger partial charge in [-0.15, -0.1) is 0 Å². The second kappa shape index (κ2) is 10.00. The number of thiocarbonyl (C=S) groups is 1. The van der Waals surface area contributed by atoms with Gasteiger partial charge in [0.2, 0.25) is 11.8 Å². The molecule has 156 valence electrons. The average Bonchev–Trinajstić information content (AvgIpc) is 2.99. The van der Waals surface area contributed by atoms with Gasteiger partial charge in [0.25, 0.3) is 0 Å². The van der Waals surface area contributed by atoms with Crippen LogP contribution in [0.4, 0.5) is 0 Å². The average molecular weight is 441 g/mol. The van der Waals surface area contributed by atoms with E-state index in [1.165, 1.54) is 11.8 Å². The van der Waals surface area contributed by atoms with Crippen molar-refractivity contribution in [3.8, 4) is 0 Å². The molecule has 1 atom stereocenters. The number of carbonyl (C=O) groups is 3. The van der Waals surface area contributed by atoms with Crippen LogP contribution in [0, 0.1) is 5.92 Å². The molecule has 1 saturated heterocycles. The van der Waals surface area contributed by atoms with Gasteiger partial charge in [0.15, 0.2) is 5.78 Å². The molecule has 0 spiro atoms. The van der Waals surface area contributed by atoms with Gasteiger partial charge in [0, 0.05) is 30.6 Å². The molecule has 7 heteroatoms. The number of hydrogen-bond donors (Lipinski definition) is 1. The Kier molecular flexibility index (Phi) is 7.39. The highest BCUT2D eigenvalue weighted by molar-refractivity contribution is 8.24. The summed E-state index contributed by atoms with van der Waals surface area (Å²) in [5.41, 5.74) is 2.13. The molecule has 1 aliphatic heterocycles. The van der Waals surface area contributed by atoms with Gasteiger partial charge in [-0.2, -0.15) is 0 Å². The molecular formula is C23H24N2O3S2. The van der Waals surface area contributed by atoms with E-state index in [9.17, 15) is 14.4 Å². The summed E-state index contributed by atoms with van der Waals surface area (Å²) in [6, 6.07) is 16.3. The molecule has 30 heavy (non-hydrogen) atoms. The van der Waals surface area contributed by atoms with E-state index in [4.69, 9.17) is 12.2 Å². The number of nitrogens with one attached hydrogen (secondary N) is 1. The monoisotopic (exact) mass is 440 g/mol. The number of rotatable bonds is 8. The van der Waals surface area contributed by atoms with Gasteiger partial charge < -0.3 is 5.32 Å². The molecule has 0 bridgehead atoms. The maximum Gasteiger partial charge on any atom is 0.242 e. The van der Waals surface area contributed by atoms with E-state index < -0.39 is 5.25 Å². The van der Waals surface area contributed by atoms with Crippen molar-refractivity contribution in [2.75, 3.05) is 6.54 Å². The van der Waals surface area contributed by atoms with Crippen molar-refractivity contribution < 1.29 is 14.4 Å². The summed E-state index contributed by atoms with van der Waals surface area (Å²) >= 11 is 6.57. The van der Waals surface area contributed by atoms with Crippen molar-refractivity contribution in [2.45, 2.75) is 32.1 Å². The van der Waals surface area contributed by atoms with Gasteiger partial charge in [-0.25, -0.2) is 0 Å². The first-order valence-corrected chi connectivity index (χ1v) is 11.1. The third-order valence-electron chi connectivity index (χ3n) is 4.67. The lowest BCUT2D eigenvalue weighted by atomic mass is 10.0. The highest BCUT2D eigenvalue weighted by Gasteiger charge is 2.38. The normalized spacial score (nSPS) is 16.2. The van der Waals surface area contributed by atoms with Gasteiger partial charge in [-0.05, 0) is 11.5 Å². The molecule has 0 saturated carbocycles. The Morgan fingerprint density at radius 3 is 2.33 bits per heavy atom. The fraction of sp³-hybridized carbons (Fsp3) is 0.304. The largest absolute Gasteiger partial charge is 0.352 e. The van der Waals surface area contributed by atoms with Crippen LogP contribution in [0.5, 0.6) is 0 Å². The van der Waals surface area contributed by atoms with Crippen LogP contribution in [0.3, 0.4) is 0 Å². The number of carbonyl (C=O) groups excluding carboxylic acids is 3. The quantitative estimate of drug-likeness (QED) is 0.499. The fourth-order valence-corrected chi connectivity index (χ4v) is 4.64. The van der Waals surface area contributed by atoms with E-state index in [1.54, 1.807) is 29.2 Å². The van der Waals surface area contributed by atoms with Gasteiger partial charge in [-0.3, -0.25) is 19.3 Å². The first kappa shape index (κ1) is 22.2. The number of hydrogen-bond acceptors (Lipinski definition) is 5. The maximum atomic E-state index is 12.5. The van der Waals surface area contributed by atoms with Crippen molar-refractivity contribution in [1.29, 1.82) is 0 Å². The van der Waals surface area contributed by atoms with Crippen LogP contribution in [0.1, 0.15) is 41.8 Å². The number of thioether (sulfide) groups is 1. The van der Waals surface area contributed by atoms with Crippen LogP contribution in [-0.2, 0) is 16.1 Å². The van der Waals surface area contributed by atoms with Crippen LogP contribution in [0.25, 0.3) is 0 Å². The zero-order valence-electron chi connectivity index (χ0n) is 17.0. The van der Waals surface area contributed by atoms with Gasteiger partial charge in [-0.1, -0.05) is 92.4 Å². The molecule has 0 aromatic heterocycles. The zero-order chi connectivity index (χ0) is 21.7. The Hall–Kier alpha value is -2.51. The van der Waals surface area contributed by atoms with Crippen molar-refractivity contribution in [3.05, 3.63) is 71.3 Å². The minimum Gasteiger partial charge on any atom is -0.352 e. The molecule has 1 heterocycles. The molecule has 2 amide bonds. The van der Waals surface area contributed by atoms with Gasteiger partial charge >= 0.3 is 0 Å². The molecule has 2 aromatic carbocycles. The van der Waals surface area contributed by atoms with E-state index in [0.717, 1.165) is 5.56 Å². The van der Waals surface area contributed by atoms with Crippen LogP contribution in [0.15, 0.2) is 54.6 Å². The van der Waals surface area contributed by atoms with Crippen LogP contribution >= 0.6 is 24.0 Å². The summed E-state index contributed by atoms with van der Waals surface area (Å²) in [7, 11) is 0. The summed E-state index contributed by atoms with van der Waals surface area (Å²) in [6.07, 6.45) is 0.100. The predicted molar refractivity (Wildman–Crippen MR) is 123 cm³/mol. The molecule has 3 rings (SSSR count). The Balaban J connectivity index is 1.51. The van der Waals surface area contributed by atoms with E-state index in [2.05, 4.69) is 5.32 Å². The van der Waals surface area contributed by atoms with Crippen LogP contribution < -0.4 is 5.32 Å². The molecule has 1 fully saturated rings. The molecule has 2 aromatic rings. The Bertz CT molecular complexity index is 943. The summed E-state index contributed by atoms with van der Waals surface area (Å²) < 4.78 is 0.546. The van der Waals surface area contributed by atoms with Crippen molar-refractivity contribution in [2.24, 2.45) is 5.92 Å². The lowest BCUT2D eigenvalue weighted by Gasteiger charge is -2.17. The summed E-state index contributed by atoms with van der Waals surface area (Å²) in [4.78, 5) is 38.9. The topological polar surface area (TPSA) is 66.5 Å². The highest BCUT2D eigenvalue weighted by Crippen LogP contribution is 2.30. The summed E-state index contributed by atoms with van der Waals surface area (Å²) in [5.74, 6) is -0.00110. The highest BCUT2D eigenvalue weighted by atomic mass is 32.2. The first-order valence-electron chi connectivity index (χ1n) is 9.82. The molecule has 5 nitrogen and oxygen atoms in total. The molecule has 0 aliphatic carbocycles. The number of nitrogens with zero attached hydrogens (tertiary/aromatic N) is 1. The second-order valence-corrected chi connectivity index (χ2v) is 9.42. The predicted octanol–water partition coefficient (Wildman–Crippen LogP) is 3.81. The number of benzene rings is 2. The van der Waals surface area contributed by atoms with Crippen LogP contribution in [-0.4, -0.2) is 38.6 Å². The van der Waals surface area contributed by atoms with E-state index in [1.807, 2.05) is 44.2 Å². The molecule has 1 N–H and O–H groups in total. The standard InChI is InChI=1S/C23H24N2O3S2/c1-15(2)14-25-22(28)19(30-23(25)29)12-20(26)24-13-16-8-10-18(11-9-16)21(27)17-6-4-3-5-7-17/h3-11,15,19H,12-14H2,1-2H3,(H,24,26). The summed E-state index contributed by atoms with van der Waals surface area (Å²) in [6.45, 7) is 4.97. The zero-order valence-corrected chi connectivity index (χ0v) is 18.6. The minimum absolute atomic E-state index is 0.0372. The van der Waals surface area contributed by atoms with Crippen molar-refractivity contribution >= 4 is 45.9 Å². The van der Waals surface area contributed by atoms with Crippen LogP contribution in [0.2, 0.25) is 0 Å². The van der Waals surface area contributed by atoms with E-state index in [-0.39, 0.29) is 24.0 Å². The summed E-state index contributed by atoms with van der Waals surface area (Å²) in [5, 5.41) is 2.39. The van der Waals surface area contributed by atoms with Crippen molar-refractivity contribution in [3.63, 3.8) is 0 Å². The third kappa shape index (κ3) is 5.55. The number of amides is 2. The Morgan fingerprint density at radius 1 is 1.07 bits per heavy atom. The van der Waals surface area contributed by atoms with E-state index >= 15 is 0 Å². The number of ketones is 1. The van der Waals surface area contributed by atoms with Crippen molar-refractivity contribution in [1.82, 2.24) is 10.2 Å². The Morgan fingerprint density at radius 2 is 1.70 bits per heavy atom. The molecular weight excluding hydrogens is 416 g/mol.